The number of aromatic nitrogens is 1. The van der Waals surface area contributed by atoms with Crippen LogP contribution in [-0.4, -0.2) is 42.2 Å². The fourth-order valence-corrected chi connectivity index (χ4v) is 6.19. The van der Waals surface area contributed by atoms with Crippen molar-refractivity contribution < 1.29 is 18.0 Å². The summed E-state index contributed by atoms with van der Waals surface area (Å²) in [5, 5.41) is 2.75. The molecule has 0 saturated heterocycles. The zero-order valence-corrected chi connectivity index (χ0v) is 22.2. The van der Waals surface area contributed by atoms with E-state index in [1.165, 1.54) is 46.8 Å². The Bertz CT molecular complexity index is 1360. The van der Waals surface area contributed by atoms with Crippen LogP contribution in [0.15, 0.2) is 52.4 Å². The van der Waals surface area contributed by atoms with Crippen molar-refractivity contribution in [3.63, 3.8) is 0 Å². The van der Waals surface area contributed by atoms with Crippen LogP contribution in [0.1, 0.15) is 56.8 Å². The third-order valence-electron chi connectivity index (χ3n) is 5.59. The van der Waals surface area contributed by atoms with E-state index in [0.717, 1.165) is 35.9 Å². The number of benzene rings is 2. The van der Waals surface area contributed by atoms with Gasteiger partial charge < -0.3 is 9.88 Å². The largest absolute Gasteiger partial charge is 0.326 e. The maximum absolute atomic E-state index is 13.1. The van der Waals surface area contributed by atoms with Crippen molar-refractivity contribution in [2.75, 3.05) is 18.4 Å². The van der Waals surface area contributed by atoms with Crippen LogP contribution >= 0.6 is 11.3 Å². The molecule has 0 radical (unpaired) electrons. The topological polar surface area (TPSA) is 101 Å². The van der Waals surface area contributed by atoms with Crippen molar-refractivity contribution in [1.29, 1.82) is 0 Å². The number of anilines is 1. The van der Waals surface area contributed by atoms with Crippen LogP contribution in [0.2, 0.25) is 0 Å². The lowest BCUT2D eigenvalue weighted by atomic mass is 10.2. The lowest BCUT2D eigenvalue weighted by Crippen LogP contribution is -2.33. The predicted octanol–water partition coefficient (Wildman–Crippen LogP) is 4.53. The first-order chi connectivity index (χ1) is 16.7. The van der Waals surface area contributed by atoms with Crippen LogP contribution in [0.25, 0.3) is 10.2 Å². The normalized spacial score (nSPS) is 12.4. The van der Waals surface area contributed by atoms with E-state index in [0.29, 0.717) is 29.1 Å². The highest BCUT2D eigenvalue weighted by atomic mass is 32.2. The van der Waals surface area contributed by atoms with E-state index in [2.05, 4.69) is 10.3 Å². The van der Waals surface area contributed by atoms with Gasteiger partial charge in [-0.05, 0) is 55.3 Å². The molecule has 0 aliphatic rings. The molecule has 10 heteroatoms. The molecular weight excluding hydrogens is 484 g/mol. The molecule has 3 rings (SSSR count). The number of hydrogen-bond donors (Lipinski definition) is 1. The van der Waals surface area contributed by atoms with E-state index in [1.54, 1.807) is 6.07 Å². The van der Waals surface area contributed by atoms with Crippen molar-refractivity contribution in [2.24, 2.45) is 12.0 Å². The molecule has 1 N–H and O–H groups in total. The van der Waals surface area contributed by atoms with Crippen molar-refractivity contribution in [3.8, 4) is 0 Å². The molecular formula is C25H32N4O4S2. The van der Waals surface area contributed by atoms with Crippen LogP contribution < -0.4 is 10.1 Å². The first-order valence-corrected chi connectivity index (χ1v) is 14.0. The van der Waals surface area contributed by atoms with Gasteiger partial charge in [-0.1, -0.05) is 38.0 Å². The number of nitrogens with zero attached hydrogens (tertiary/aromatic N) is 3. The molecule has 1 aromatic heterocycles. The van der Waals surface area contributed by atoms with Crippen molar-refractivity contribution in [2.45, 2.75) is 51.3 Å². The summed E-state index contributed by atoms with van der Waals surface area (Å²) in [5.41, 5.74) is 1.87. The molecule has 35 heavy (non-hydrogen) atoms. The molecule has 0 bridgehead atoms. The van der Waals surface area contributed by atoms with Crippen LogP contribution in [0, 0.1) is 0 Å². The Hall–Kier alpha value is -2.82. The average Bonchev–Trinajstić information content (AvgIpc) is 3.13. The summed E-state index contributed by atoms with van der Waals surface area (Å²) in [6.07, 6.45) is 3.43. The third-order valence-corrected chi connectivity index (χ3v) is 8.60. The lowest BCUT2D eigenvalue weighted by Gasteiger charge is -2.22. The summed E-state index contributed by atoms with van der Waals surface area (Å²) in [4.78, 5) is 29.1. The van der Waals surface area contributed by atoms with Crippen LogP contribution in [0.4, 0.5) is 5.69 Å². The van der Waals surface area contributed by atoms with Gasteiger partial charge in [0.2, 0.25) is 15.9 Å². The number of carbonyl (C=O) groups is 2. The van der Waals surface area contributed by atoms with Crippen molar-refractivity contribution >= 4 is 49.1 Å². The molecule has 188 valence electrons. The van der Waals surface area contributed by atoms with Crippen molar-refractivity contribution in [1.82, 2.24) is 8.87 Å². The highest BCUT2D eigenvalue weighted by Gasteiger charge is 2.23. The molecule has 0 fully saturated rings. The minimum Gasteiger partial charge on any atom is -0.326 e. The number of nitrogens with one attached hydrogen (secondary N) is 1. The van der Waals surface area contributed by atoms with Gasteiger partial charge in [0.15, 0.2) is 4.80 Å². The van der Waals surface area contributed by atoms with E-state index in [9.17, 15) is 18.0 Å². The van der Waals surface area contributed by atoms with Gasteiger partial charge in [0.25, 0.3) is 5.91 Å². The van der Waals surface area contributed by atoms with Gasteiger partial charge in [-0.3, -0.25) is 9.59 Å². The minimum absolute atomic E-state index is 0.158. The van der Waals surface area contributed by atoms with Crippen LogP contribution in [0.3, 0.4) is 0 Å². The van der Waals surface area contributed by atoms with Crippen LogP contribution in [0.5, 0.6) is 0 Å². The summed E-state index contributed by atoms with van der Waals surface area (Å²) in [6, 6.07) is 11.5. The summed E-state index contributed by atoms with van der Waals surface area (Å²) in [5.74, 6) is -0.610. The lowest BCUT2D eigenvalue weighted by molar-refractivity contribution is -0.114. The Morgan fingerprint density at radius 1 is 1.03 bits per heavy atom. The maximum atomic E-state index is 13.1. The first kappa shape index (κ1) is 26.8. The Morgan fingerprint density at radius 2 is 1.66 bits per heavy atom. The summed E-state index contributed by atoms with van der Waals surface area (Å²) >= 11 is 1.34. The Kier molecular flexibility index (Phi) is 8.98. The predicted molar refractivity (Wildman–Crippen MR) is 140 cm³/mol. The third kappa shape index (κ3) is 6.45. The monoisotopic (exact) mass is 516 g/mol. The average molecular weight is 517 g/mol. The molecule has 0 aliphatic carbocycles. The Balaban J connectivity index is 1.86. The summed E-state index contributed by atoms with van der Waals surface area (Å²) in [7, 11) is -1.80. The summed E-state index contributed by atoms with van der Waals surface area (Å²) < 4.78 is 30.5. The fraction of sp³-hybridized carbons (Fsp3) is 0.400. The van der Waals surface area contributed by atoms with Crippen molar-refractivity contribution in [3.05, 3.63) is 52.8 Å². The van der Waals surface area contributed by atoms with Gasteiger partial charge in [-0.15, -0.1) is 0 Å². The zero-order chi connectivity index (χ0) is 25.6. The van der Waals surface area contributed by atoms with Gasteiger partial charge in [-0.2, -0.15) is 9.30 Å². The fourth-order valence-electron chi connectivity index (χ4n) is 3.61. The van der Waals surface area contributed by atoms with E-state index in [4.69, 9.17) is 0 Å². The molecule has 2 amide bonds. The smallest absolute Gasteiger partial charge is 0.279 e. The van der Waals surface area contributed by atoms with Crippen LogP contribution in [-0.2, 0) is 21.9 Å². The molecule has 0 aliphatic heterocycles. The first-order valence-electron chi connectivity index (χ1n) is 11.7. The SMILES string of the molecule is CCCCN(CCCC)S(=O)(=O)c1ccc(C(=O)N=c2sc3cc(NC(C)=O)ccc3n2C)cc1. The summed E-state index contributed by atoms with van der Waals surface area (Å²) in [6.45, 7) is 6.49. The second-order valence-electron chi connectivity index (χ2n) is 8.36. The minimum atomic E-state index is -3.62. The van der Waals surface area contributed by atoms with Gasteiger partial charge in [0.1, 0.15) is 0 Å². The maximum Gasteiger partial charge on any atom is 0.279 e. The van der Waals surface area contributed by atoms with Gasteiger partial charge in [0, 0.05) is 38.3 Å². The van der Waals surface area contributed by atoms with Gasteiger partial charge in [0.05, 0.1) is 15.1 Å². The second-order valence-corrected chi connectivity index (χ2v) is 11.3. The molecule has 3 aromatic rings. The Labute approximate surface area is 210 Å². The molecule has 2 aromatic carbocycles. The number of rotatable bonds is 10. The number of aryl methyl sites for hydroxylation is 1. The highest BCUT2D eigenvalue weighted by Crippen LogP contribution is 2.22. The standard InChI is InChI=1S/C25H32N4O4S2/c1-5-7-15-29(16-8-6-2)35(32,33)21-12-9-19(10-13-21)24(31)27-25-28(4)22-14-11-20(26-18(3)30)17-23(22)34-25/h9-14,17H,5-8,15-16H2,1-4H3,(H,26,30). The number of carbonyl (C=O) groups excluding carboxylic acids is 2. The number of hydrogen-bond acceptors (Lipinski definition) is 5. The zero-order valence-electron chi connectivity index (χ0n) is 20.6. The number of amides is 2. The van der Waals surface area contributed by atoms with Gasteiger partial charge in [-0.25, -0.2) is 8.42 Å². The Morgan fingerprint density at radius 3 is 2.23 bits per heavy atom. The molecule has 0 spiro atoms. The molecule has 0 saturated carbocycles. The number of thiazole rings is 1. The molecule has 1 heterocycles. The molecule has 8 nitrogen and oxygen atoms in total. The van der Waals surface area contributed by atoms with E-state index < -0.39 is 15.9 Å². The number of sulfonamides is 1. The second kappa shape index (κ2) is 11.7. The molecule has 0 unspecified atom stereocenters. The number of fused-ring (bicyclic) bond motifs is 1. The highest BCUT2D eigenvalue weighted by molar-refractivity contribution is 7.89. The van der Waals surface area contributed by atoms with E-state index in [-0.39, 0.29) is 10.8 Å². The van der Waals surface area contributed by atoms with E-state index >= 15 is 0 Å². The van der Waals surface area contributed by atoms with Gasteiger partial charge >= 0.3 is 0 Å². The quantitative estimate of drug-likeness (QED) is 0.428. The molecule has 0 atom stereocenters. The number of unbranched alkanes of at least 4 members (excludes halogenated alkanes) is 2. The van der Waals surface area contributed by atoms with E-state index in [1.807, 2.05) is 37.6 Å².